The first kappa shape index (κ1) is 31.4. The number of carbonyl (C=O) groups is 4. The van der Waals surface area contributed by atoms with E-state index in [0.29, 0.717) is 25.5 Å². The summed E-state index contributed by atoms with van der Waals surface area (Å²) >= 11 is 0. The maximum atomic E-state index is 12.9. The van der Waals surface area contributed by atoms with Gasteiger partial charge < -0.3 is 36.3 Å². The van der Waals surface area contributed by atoms with Gasteiger partial charge in [0.2, 0.25) is 12.2 Å². The number of hydrogen-bond acceptors (Lipinski definition) is 8. The number of hydrogen-bond donors (Lipinski definition) is 4. The third-order valence-corrected chi connectivity index (χ3v) is 6.42. The fraction of sp³-hybridized carbons (Fsp3) is 0.407. The number of cyclic esters (lactones) is 1. The maximum Gasteiger partial charge on any atom is 0.418 e. The molecule has 2 amide bonds. The number of benzene rings is 2. The highest BCUT2D eigenvalue weighted by Gasteiger charge is 2.37. The van der Waals surface area contributed by atoms with Gasteiger partial charge in [-0.1, -0.05) is 30.3 Å². The molecule has 4 atom stereocenters. The van der Waals surface area contributed by atoms with Crippen molar-refractivity contribution in [1.82, 2.24) is 10.2 Å². The minimum Gasteiger partial charge on any atom is -0.480 e. The molecule has 41 heavy (non-hydrogen) atoms. The Bertz CT molecular complexity index is 1260. The summed E-state index contributed by atoms with van der Waals surface area (Å²) in [5, 5.41) is 11.4. The Morgan fingerprint density at radius 2 is 1.88 bits per heavy atom. The van der Waals surface area contributed by atoms with Crippen molar-refractivity contribution in [2.75, 3.05) is 12.3 Å². The van der Waals surface area contributed by atoms with Gasteiger partial charge in [-0.25, -0.2) is 4.79 Å². The molecule has 0 bridgehead atoms. The summed E-state index contributed by atoms with van der Waals surface area (Å²) in [6.07, 6.45) is -4.24. The number of esters is 1. The van der Waals surface area contributed by atoms with Crippen molar-refractivity contribution in [2.24, 2.45) is 5.73 Å². The van der Waals surface area contributed by atoms with Crippen molar-refractivity contribution < 1.29 is 46.9 Å². The average Bonchev–Trinajstić information content (AvgIpc) is 3.53. The molecule has 0 radical (unpaired) electrons. The van der Waals surface area contributed by atoms with Crippen LogP contribution in [-0.2, 0) is 36.6 Å². The van der Waals surface area contributed by atoms with E-state index < -0.39 is 53.6 Å². The highest BCUT2D eigenvalue weighted by molar-refractivity contribution is 5.98. The number of nitrogen functional groups attached to an aromatic ring is 1. The van der Waals surface area contributed by atoms with Gasteiger partial charge in [0.15, 0.2) is 0 Å². The van der Waals surface area contributed by atoms with Crippen LogP contribution in [0.5, 0.6) is 0 Å². The summed E-state index contributed by atoms with van der Waals surface area (Å²) < 4.78 is 48.9. The summed E-state index contributed by atoms with van der Waals surface area (Å²) in [4.78, 5) is 47.7. The van der Waals surface area contributed by atoms with Crippen LogP contribution in [0.2, 0.25) is 0 Å². The van der Waals surface area contributed by atoms with Crippen LogP contribution >= 0.6 is 0 Å². The monoisotopic (exact) mass is 580 g/mol. The van der Waals surface area contributed by atoms with Gasteiger partial charge in [-0.15, -0.1) is 0 Å². The van der Waals surface area contributed by atoms with Gasteiger partial charge in [0.05, 0.1) is 24.6 Å². The molecular weight excluding hydrogens is 549 g/mol. The minimum absolute atomic E-state index is 0.236. The number of halogens is 3. The lowest BCUT2D eigenvalue weighted by Gasteiger charge is -2.25. The summed E-state index contributed by atoms with van der Waals surface area (Å²) in [6.45, 7) is 2.00. The zero-order valence-electron chi connectivity index (χ0n) is 22.1. The maximum absolute atomic E-state index is 12.9. The number of anilines is 1. The second-order valence-electron chi connectivity index (χ2n) is 9.55. The largest absolute Gasteiger partial charge is 0.480 e. The number of amides is 2. The molecular formula is C27H31F3N4O7. The van der Waals surface area contributed by atoms with E-state index in [1.165, 1.54) is 6.92 Å². The van der Waals surface area contributed by atoms with Gasteiger partial charge in [-0.3, -0.25) is 14.4 Å². The zero-order valence-corrected chi connectivity index (χ0v) is 22.1. The summed E-state index contributed by atoms with van der Waals surface area (Å²) in [5.41, 5.74) is 10.0. The van der Waals surface area contributed by atoms with Gasteiger partial charge >= 0.3 is 18.1 Å². The number of rotatable bonds is 7. The highest BCUT2D eigenvalue weighted by atomic mass is 19.4. The number of nitrogens with two attached hydrogens (primary N) is 2. The quantitative estimate of drug-likeness (QED) is 0.283. The number of nitrogens with one attached hydrogen (secondary N) is 1. The van der Waals surface area contributed by atoms with Gasteiger partial charge in [0.25, 0.3) is 5.91 Å². The van der Waals surface area contributed by atoms with Crippen molar-refractivity contribution >= 4 is 29.4 Å². The summed E-state index contributed by atoms with van der Waals surface area (Å²) in [7, 11) is 0. The smallest absolute Gasteiger partial charge is 0.418 e. The average molecular weight is 581 g/mol. The third-order valence-electron chi connectivity index (χ3n) is 6.42. The van der Waals surface area contributed by atoms with Crippen LogP contribution < -0.4 is 16.8 Å². The molecule has 0 saturated carbocycles. The van der Waals surface area contributed by atoms with Gasteiger partial charge in [0.1, 0.15) is 12.1 Å². The molecule has 0 spiro atoms. The van der Waals surface area contributed by atoms with E-state index >= 15 is 0 Å². The Morgan fingerprint density at radius 3 is 2.46 bits per heavy atom. The van der Waals surface area contributed by atoms with E-state index in [4.69, 9.17) is 26.0 Å². The lowest BCUT2D eigenvalue weighted by Crippen LogP contribution is -2.50. The van der Waals surface area contributed by atoms with Crippen molar-refractivity contribution in [3.63, 3.8) is 0 Å². The van der Waals surface area contributed by atoms with Crippen LogP contribution in [0.1, 0.15) is 47.7 Å². The molecule has 2 fully saturated rings. The van der Waals surface area contributed by atoms with E-state index in [9.17, 15) is 32.3 Å². The predicted octanol–water partition coefficient (Wildman–Crippen LogP) is 2.29. The van der Waals surface area contributed by atoms with Crippen LogP contribution in [0.3, 0.4) is 0 Å². The molecule has 6 N–H and O–H groups in total. The number of carboxylic acids is 1. The molecule has 2 heterocycles. The predicted molar refractivity (Wildman–Crippen MR) is 139 cm³/mol. The highest BCUT2D eigenvalue weighted by Crippen LogP contribution is 2.34. The van der Waals surface area contributed by atoms with Crippen LogP contribution in [0.4, 0.5) is 18.9 Å². The van der Waals surface area contributed by atoms with Crippen LogP contribution in [0.25, 0.3) is 0 Å². The number of alkyl halides is 3. The van der Waals surface area contributed by atoms with Gasteiger partial charge in [-0.05, 0) is 43.5 Å². The first-order valence-electron chi connectivity index (χ1n) is 12.7. The molecule has 2 aromatic rings. The summed E-state index contributed by atoms with van der Waals surface area (Å²) in [5.74, 6) is -2.92. The van der Waals surface area contributed by atoms with Crippen LogP contribution in [0.15, 0.2) is 48.5 Å². The molecule has 2 aliphatic heterocycles. The Kier molecular flexibility index (Phi) is 10.3. The van der Waals surface area contributed by atoms with Crippen molar-refractivity contribution in [1.29, 1.82) is 0 Å². The molecule has 14 heteroatoms. The molecule has 4 unspecified atom stereocenters. The molecule has 11 nitrogen and oxygen atoms in total. The first-order chi connectivity index (χ1) is 19.3. The van der Waals surface area contributed by atoms with Crippen LogP contribution in [-0.4, -0.2) is 64.7 Å². The third kappa shape index (κ3) is 8.41. The SMILES string of the molecule is CC(NC(=O)c1ccc(N)c(C(F)(F)F)c1)C(=O)N1CCCC1C(=O)O.NC1CC(=O)OC1OCc1ccccc1. The molecule has 2 aromatic carbocycles. The Morgan fingerprint density at radius 1 is 1.20 bits per heavy atom. The standard InChI is InChI=1S/C16H18F3N3O4.C11H13NO3/c1-8(14(24)22-6-2-3-12(22)15(25)26)21-13(23)9-4-5-11(20)10(7-9)16(17,18)19;12-9-6-10(13)15-11(9)14-7-8-4-2-1-3-5-8/h4-5,7-8,12H,2-3,6,20H2,1H3,(H,21,23)(H,25,26);1-5,9,11H,6-7,12H2. The van der Waals surface area contributed by atoms with Crippen molar-refractivity contribution in [3.05, 3.63) is 65.2 Å². The van der Waals surface area contributed by atoms with E-state index in [0.717, 1.165) is 22.6 Å². The molecule has 2 aliphatic rings. The molecule has 0 aliphatic carbocycles. The Hall–Kier alpha value is -4.17. The second kappa shape index (κ2) is 13.5. The number of ether oxygens (including phenoxy) is 2. The number of carboxylic acid groups (broad SMARTS) is 1. The molecule has 222 valence electrons. The topological polar surface area (TPSA) is 174 Å². The van der Waals surface area contributed by atoms with Crippen LogP contribution in [0, 0.1) is 0 Å². The van der Waals surface area contributed by atoms with Gasteiger partial charge in [0, 0.05) is 17.8 Å². The number of carbonyl (C=O) groups excluding carboxylic acids is 3. The lowest BCUT2D eigenvalue weighted by molar-refractivity contribution is -0.166. The number of aliphatic carboxylic acids is 1. The van der Waals surface area contributed by atoms with E-state index in [-0.39, 0.29) is 30.5 Å². The van der Waals surface area contributed by atoms with E-state index in [1.807, 2.05) is 30.3 Å². The Labute approximate surface area is 233 Å². The number of nitrogens with zero attached hydrogens (tertiary/aromatic N) is 1. The summed E-state index contributed by atoms with van der Waals surface area (Å²) in [6, 6.07) is 9.98. The van der Waals surface area contributed by atoms with Crippen molar-refractivity contribution in [2.45, 2.75) is 63.4 Å². The molecule has 0 aromatic heterocycles. The Balaban J connectivity index is 0.000000260. The van der Waals surface area contributed by atoms with Gasteiger partial charge in [-0.2, -0.15) is 13.2 Å². The fourth-order valence-corrected chi connectivity index (χ4v) is 4.28. The normalized spacial score (nSPS) is 21.0. The number of likely N-dealkylation sites (tertiary alicyclic amines) is 1. The second-order valence-corrected chi connectivity index (χ2v) is 9.55. The fourth-order valence-electron chi connectivity index (χ4n) is 4.28. The minimum atomic E-state index is -4.72. The first-order valence-corrected chi connectivity index (χ1v) is 12.7. The van der Waals surface area contributed by atoms with Crippen molar-refractivity contribution in [3.8, 4) is 0 Å². The lowest BCUT2D eigenvalue weighted by atomic mass is 10.1. The van der Waals surface area contributed by atoms with E-state index in [2.05, 4.69) is 5.32 Å². The molecule has 2 saturated heterocycles. The van der Waals surface area contributed by atoms with E-state index in [1.54, 1.807) is 0 Å². The molecule has 4 rings (SSSR count). The zero-order chi connectivity index (χ0) is 30.3.